The van der Waals surface area contributed by atoms with Crippen LogP contribution in [-0.4, -0.2) is 23.3 Å². The lowest BCUT2D eigenvalue weighted by Gasteiger charge is -2.03. The van der Waals surface area contributed by atoms with Crippen LogP contribution in [0.2, 0.25) is 0 Å². The lowest BCUT2D eigenvalue weighted by Crippen LogP contribution is -1.96. The Bertz CT molecular complexity index is 887. The third-order valence-electron chi connectivity index (χ3n) is 3.98. The summed E-state index contributed by atoms with van der Waals surface area (Å²) in [7, 11) is 1.66. The standard InChI is InChI=1S/C17H16N4OS/c1-22-12-5-2-4-11(8-12)9-20-21-16-15-13-6-3-7-14(13)23-17(15)19-10-18-16/h2,4-5,8-10H,3,6-7H2,1H3,(H,18,19,21)/b20-9-. The van der Waals surface area contributed by atoms with Gasteiger partial charge in [-0.1, -0.05) is 12.1 Å². The summed E-state index contributed by atoms with van der Waals surface area (Å²) in [6.07, 6.45) is 6.85. The third kappa shape index (κ3) is 2.66. The van der Waals surface area contributed by atoms with E-state index in [1.54, 1.807) is 31.0 Å². The van der Waals surface area contributed by atoms with E-state index in [2.05, 4.69) is 20.5 Å². The van der Waals surface area contributed by atoms with E-state index in [0.717, 1.165) is 40.2 Å². The monoisotopic (exact) mass is 324 g/mol. The highest BCUT2D eigenvalue weighted by atomic mass is 32.1. The molecular formula is C17H16N4OS. The minimum Gasteiger partial charge on any atom is -0.497 e. The zero-order valence-electron chi connectivity index (χ0n) is 12.7. The van der Waals surface area contributed by atoms with E-state index in [4.69, 9.17) is 4.74 Å². The van der Waals surface area contributed by atoms with Gasteiger partial charge in [-0.25, -0.2) is 9.97 Å². The van der Waals surface area contributed by atoms with Crippen molar-refractivity contribution in [1.29, 1.82) is 0 Å². The van der Waals surface area contributed by atoms with Crippen LogP contribution in [0.3, 0.4) is 0 Å². The Morgan fingerprint density at radius 2 is 2.26 bits per heavy atom. The van der Waals surface area contributed by atoms with Crippen molar-refractivity contribution in [1.82, 2.24) is 9.97 Å². The van der Waals surface area contributed by atoms with E-state index < -0.39 is 0 Å². The van der Waals surface area contributed by atoms with Crippen molar-refractivity contribution in [2.45, 2.75) is 19.3 Å². The Morgan fingerprint density at radius 3 is 3.17 bits per heavy atom. The number of hydrogen-bond acceptors (Lipinski definition) is 6. The second-order valence-electron chi connectivity index (χ2n) is 5.41. The molecular weight excluding hydrogens is 308 g/mol. The van der Waals surface area contributed by atoms with Gasteiger partial charge in [-0.3, -0.25) is 5.43 Å². The van der Waals surface area contributed by atoms with Crippen LogP contribution in [0.15, 0.2) is 35.7 Å². The fourth-order valence-corrected chi connectivity index (χ4v) is 4.13. The van der Waals surface area contributed by atoms with E-state index in [-0.39, 0.29) is 0 Å². The van der Waals surface area contributed by atoms with Crippen LogP contribution in [0, 0.1) is 0 Å². The number of thiophene rings is 1. The van der Waals surface area contributed by atoms with E-state index in [9.17, 15) is 0 Å². The van der Waals surface area contributed by atoms with E-state index in [0.29, 0.717) is 0 Å². The molecule has 4 rings (SSSR count). The molecule has 3 aromatic rings. The lowest BCUT2D eigenvalue weighted by atomic mass is 10.2. The number of nitrogens with one attached hydrogen (secondary N) is 1. The molecule has 2 aromatic heterocycles. The zero-order valence-corrected chi connectivity index (χ0v) is 13.6. The molecule has 0 saturated heterocycles. The number of anilines is 1. The normalized spacial score (nSPS) is 13.6. The fraction of sp³-hybridized carbons (Fsp3) is 0.235. The second-order valence-corrected chi connectivity index (χ2v) is 6.49. The maximum absolute atomic E-state index is 5.22. The molecule has 1 aromatic carbocycles. The number of aryl methyl sites for hydroxylation is 2. The van der Waals surface area contributed by atoms with E-state index in [1.807, 2.05) is 24.3 Å². The molecule has 116 valence electrons. The van der Waals surface area contributed by atoms with Crippen molar-refractivity contribution in [3.63, 3.8) is 0 Å². The summed E-state index contributed by atoms with van der Waals surface area (Å²) < 4.78 is 5.22. The number of rotatable bonds is 4. The Balaban J connectivity index is 1.61. The number of nitrogens with zero attached hydrogens (tertiary/aromatic N) is 3. The van der Waals surface area contributed by atoms with Crippen molar-refractivity contribution >= 4 is 33.6 Å². The van der Waals surface area contributed by atoms with Crippen LogP contribution in [0.5, 0.6) is 5.75 Å². The highest BCUT2D eigenvalue weighted by molar-refractivity contribution is 7.19. The predicted octanol–water partition coefficient (Wildman–Crippen LogP) is 3.63. The van der Waals surface area contributed by atoms with Crippen LogP contribution in [0.4, 0.5) is 5.82 Å². The molecule has 6 heteroatoms. The summed E-state index contributed by atoms with van der Waals surface area (Å²) in [5, 5.41) is 5.46. The first-order valence-corrected chi connectivity index (χ1v) is 8.35. The second kappa shape index (κ2) is 5.96. The van der Waals surface area contributed by atoms with Gasteiger partial charge in [0.05, 0.1) is 18.7 Å². The highest BCUT2D eigenvalue weighted by Gasteiger charge is 2.20. The molecule has 1 N–H and O–H groups in total. The van der Waals surface area contributed by atoms with Gasteiger partial charge in [-0.2, -0.15) is 5.10 Å². The topological polar surface area (TPSA) is 59.4 Å². The molecule has 0 spiro atoms. The number of hydrogen-bond donors (Lipinski definition) is 1. The Morgan fingerprint density at radius 1 is 1.30 bits per heavy atom. The first-order valence-electron chi connectivity index (χ1n) is 7.53. The largest absolute Gasteiger partial charge is 0.497 e. The molecule has 0 radical (unpaired) electrons. The Kier molecular flexibility index (Phi) is 3.67. The molecule has 0 unspecified atom stereocenters. The molecule has 0 atom stereocenters. The first kappa shape index (κ1) is 14.1. The van der Waals surface area contributed by atoms with Gasteiger partial charge < -0.3 is 4.74 Å². The van der Waals surface area contributed by atoms with Gasteiger partial charge in [0.15, 0.2) is 5.82 Å². The minimum atomic E-state index is 0.786. The summed E-state index contributed by atoms with van der Waals surface area (Å²) in [6.45, 7) is 0. The smallest absolute Gasteiger partial charge is 0.158 e. The number of fused-ring (bicyclic) bond motifs is 3. The molecule has 5 nitrogen and oxygen atoms in total. The highest BCUT2D eigenvalue weighted by Crippen LogP contribution is 2.38. The average Bonchev–Trinajstić information content (AvgIpc) is 3.16. The lowest BCUT2D eigenvalue weighted by molar-refractivity contribution is 0.415. The molecule has 0 amide bonds. The third-order valence-corrected chi connectivity index (χ3v) is 5.18. The van der Waals surface area contributed by atoms with Crippen molar-refractivity contribution in [2.75, 3.05) is 12.5 Å². The molecule has 0 fully saturated rings. The fourth-order valence-electron chi connectivity index (χ4n) is 2.90. The Labute approximate surface area is 138 Å². The van der Waals surface area contributed by atoms with Crippen LogP contribution < -0.4 is 10.2 Å². The van der Waals surface area contributed by atoms with Gasteiger partial charge in [-0.15, -0.1) is 11.3 Å². The molecule has 2 heterocycles. The minimum absolute atomic E-state index is 0.786. The summed E-state index contributed by atoms with van der Waals surface area (Å²) in [4.78, 5) is 11.3. The maximum Gasteiger partial charge on any atom is 0.158 e. The SMILES string of the molecule is COc1cccc(/C=N\Nc2ncnc3sc4c(c23)CCC4)c1. The predicted molar refractivity (Wildman–Crippen MR) is 93.7 cm³/mol. The van der Waals surface area contributed by atoms with E-state index in [1.165, 1.54) is 16.9 Å². The number of benzene rings is 1. The van der Waals surface area contributed by atoms with Gasteiger partial charge >= 0.3 is 0 Å². The Hall–Kier alpha value is -2.47. The van der Waals surface area contributed by atoms with E-state index >= 15 is 0 Å². The van der Waals surface area contributed by atoms with Gasteiger partial charge in [0, 0.05) is 4.88 Å². The van der Waals surface area contributed by atoms with Crippen molar-refractivity contribution in [3.05, 3.63) is 46.6 Å². The van der Waals surface area contributed by atoms with Crippen molar-refractivity contribution < 1.29 is 4.74 Å². The summed E-state index contributed by atoms with van der Waals surface area (Å²) >= 11 is 1.78. The number of methoxy groups -OCH3 is 1. The van der Waals surface area contributed by atoms with Crippen LogP contribution in [-0.2, 0) is 12.8 Å². The van der Waals surface area contributed by atoms with Gasteiger partial charge in [0.25, 0.3) is 0 Å². The molecule has 0 aliphatic heterocycles. The molecule has 0 bridgehead atoms. The number of aromatic nitrogens is 2. The molecule has 0 saturated carbocycles. The number of ether oxygens (including phenoxy) is 1. The number of hydrazone groups is 1. The molecule has 1 aliphatic rings. The summed E-state index contributed by atoms with van der Waals surface area (Å²) in [5.41, 5.74) is 5.44. The van der Waals surface area contributed by atoms with Gasteiger partial charge in [-0.05, 0) is 42.5 Å². The first-order chi connectivity index (χ1) is 11.3. The van der Waals surface area contributed by atoms with Crippen LogP contribution >= 0.6 is 11.3 Å². The summed E-state index contributed by atoms with van der Waals surface area (Å²) in [6, 6.07) is 7.76. The maximum atomic E-state index is 5.22. The quantitative estimate of drug-likeness (QED) is 0.588. The van der Waals surface area contributed by atoms with Crippen molar-refractivity contribution in [2.24, 2.45) is 5.10 Å². The van der Waals surface area contributed by atoms with Crippen LogP contribution in [0.1, 0.15) is 22.4 Å². The van der Waals surface area contributed by atoms with Crippen molar-refractivity contribution in [3.8, 4) is 5.75 Å². The van der Waals surface area contributed by atoms with Crippen LogP contribution in [0.25, 0.3) is 10.2 Å². The average molecular weight is 324 g/mol. The molecule has 23 heavy (non-hydrogen) atoms. The zero-order chi connectivity index (χ0) is 15.6. The summed E-state index contributed by atoms with van der Waals surface area (Å²) in [5.74, 6) is 1.60. The van der Waals surface area contributed by atoms with Gasteiger partial charge in [0.2, 0.25) is 0 Å². The molecule has 1 aliphatic carbocycles. The van der Waals surface area contributed by atoms with Gasteiger partial charge in [0.1, 0.15) is 16.9 Å².